The van der Waals surface area contributed by atoms with Gasteiger partial charge in [-0.2, -0.15) is 0 Å². The monoisotopic (exact) mass is 301 g/mol. The summed E-state index contributed by atoms with van der Waals surface area (Å²) in [5, 5.41) is 8.75. The molecule has 0 unspecified atom stereocenters. The highest BCUT2D eigenvalue weighted by Crippen LogP contribution is 2.05. The molecule has 0 saturated heterocycles. The third kappa shape index (κ3) is 6.14. The first kappa shape index (κ1) is 16.6. The Hall–Kier alpha value is -1.44. The van der Waals surface area contributed by atoms with E-state index in [4.69, 9.17) is 9.84 Å². The molecule has 20 heavy (non-hydrogen) atoms. The number of hydrogen-bond donors (Lipinski definition) is 2. The van der Waals surface area contributed by atoms with E-state index in [1.807, 2.05) is 13.8 Å². The zero-order chi connectivity index (χ0) is 15.2. The van der Waals surface area contributed by atoms with Crippen LogP contribution < -0.4 is 4.72 Å². The predicted molar refractivity (Wildman–Crippen MR) is 75.1 cm³/mol. The number of benzene rings is 1. The molecule has 0 aliphatic heterocycles. The van der Waals surface area contributed by atoms with Gasteiger partial charge in [0.15, 0.2) is 0 Å². The van der Waals surface area contributed by atoms with Gasteiger partial charge in [-0.15, -0.1) is 0 Å². The van der Waals surface area contributed by atoms with Crippen LogP contribution in [0.3, 0.4) is 0 Å². The van der Waals surface area contributed by atoms with Crippen LogP contribution in [0.1, 0.15) is 29.8 Å². The van der Waals surface area contributed by atoms with Crippen LogP contribution in [0, 0.1) is 0 Å². The summed E-state index contributed by atoms with van der Waals surface area (Å²) in [5.74, 6) is -1.11. The predicted octanol–water partition coefficient (Wildman–Crippen LogP) is 1.23. The summed E-state index contributed by atoms with van der Waals surface area (Å²) < 4.78 is 31.0. The van der Waals surface area contributed by atoms with Crippen LogP contribution in [0.4, 0.5) is 0 Å². The molecule has 0 fully saturated rings. The summed E-state index contributed by atoms with van der Waals surface area (Å²) in [6.07, 6.45) is -0.00577. The molecule has 6 nitrogen and oxygen atoms in total. The van der Waals surface area contributed by atoms with E-state index in [2.05, 4.69) is 4.72 Å². The van der Waals surface area contributed by atoms with Crippen LogP contribution in [-0.4, -0.2) is 38.0 Å². The van der Waals surface area contributed by atoms with Crippen molar-refractivity contribution >= 4 is 16.0 Å². The molecular formula is C13H19NO5S. The first-order valence-electron chi connectivity index (χ1n) is 6.21. The molecule has 0 bridgehead atoms. The minimum absolute atomic E-state index is 0.00577. The number of rotatable bonds is 8. The number of carbonyl (C=O) groups is 1. The second-order valence-corrected chi connectivity index (χ2v) is 6.49. The number of hydrogen-bond acceptors (Lipinski definition) is 4. The van der Waals surface area contributed by atoms with E-state index in [-0.39, 0.29) is 30.6 Å². The Balaban J connectivity index is 2.47. The Kier molecular flexibility index (Phi) is 6.12. The summed E-state index contributed by atoms with van der Waals surface area (Å²) in [5.41, 5.74) is 0.866. The molecule has 0 atom stereocenters. The number of carboxylic acids is 1. The molecule has 0 spiro atoms. The fourth-order valence-electron chi connectivity index (χ4n) is 1.42. The van der Waals surface area contributed by atoms with Crippen molar-refractivity contribution in [2.45, 2.75) is 26.5 Å². The average molecular weight is 301 g/mol. The van der Waals surface area contributed by atoms with Crippen molar-refractivity contribution in [3.8, 4) is 0 Å². The van der Waals surface area contributed by atoms with Crippen LogP contribution in [-0.2, 0) is 21.3 Å². The summed E-state index contributed by atoms with van der Waals surface area (Å²) >= 11 is 0. The molecule has 0 saturated carbocycles. The maximum Gasteiger partial charge on any atom is 0.335 e. The Morgan fingerprint density at radius 3 is 2.40 bits per heavy atom. The summed E-state index contributed by atoms with van der Waals surface area (Å²) in [6, 6.07) is 6.04. The van der Waals surface area contributed by atoms with Gasteiger partial charge in [-0.3, -0.25) is 0 Å². The van der Waals surface area contributed by atoms with Crippen molar-refractivity contribution in [3.05, 3.63) is 35.4 Å². The highest BCUT2D eigenvalue weighted by atomic mass is 32.2. The molecule has 0 aliphatic rings. The van der Waals surface area contributed by atoms with E-state index in [1.54, 1.807) is 12.1 Å². The number of sulfonamides is 1. The lowest BCUT2D eigenvalue weighted by Gasteiger charge is -2.09. The van der Waals surface area contributed by atoms with E-state index in [0.717, 1.165) is 0 Å². The van der Waals surface area contributed by atoms with E-state index in [0.29, 0.717) is 5.56 Å². The molecular weight excluding hydrogens is 282 g/mol. The molecule has 0 amide bonds. The molecule has 112 valence electrons. The standard InChI is InChI=1S/C13H19NO5S/c1-10(2)19-7-8-20(17,18)14-9-11-3-5-12(6-4-11)13(15)16/h3-6,10,14H,7-9H2,1-2H3,(H,15,16). The third-order valence-electron chi connectivity index (χ3n) is 2.50. The van der Waals surface area contributed by atoms with Gasteiger partial charge < -0.3 is 9.84 Å². The topological polar surface area (TPSA) is 92.7 Å². The SMILES string of the molecule is CC(C)OCCS(=O)(=O)NCc1ccc(C(=O)O)cc1. The van der Waals surface area contributed by atoms with Gasteiger partial charge in [-0.1, -0.05) is 12.1 Å². The molecule has 1 aromatic carbocycles. The van der Waals surface area contributed by atoms with Gasteiger partial charge in [0.05, 0.1) is 24.0 Å². The Morgan fingerprint density at radius 1 is 1.30 bits per heavy atom. The van der Waals surface area contributed by atoms with Crippen molar-refractivity contribution in [1.82, 2.24) is 4.72 Å². The molecule has 2 N–H and O–H groups in total. The minimum atomic E-state index is -3.39. The van der Waals surface area contributed by atoms with Crippen LogP contribution in [0.5, 0.6) is 0 Å². The Labute approximate surface area is 118 Å². The lowest BCUT2D eigenvalue weighted by Crippen LogP contribution is -2.28. The summed E-state index contributed by atoms with van der Waals surface area (Å²) in [6.45, 7) is 3.95. The highest BCUT2D eigenvalue weighted by molar-refractivity contribution is 7.89. The molecule has 1 aromatic rings. The van der Waals surface area contributed by atoms with Gasteiger partial charge >= 0.3 is 5.97 Å². The van der Waals surface area contributed by atoms with Gasteiger partial charge in [-0.05, 0) is 31.5 Å². The van der Waals surface area contributed by atoms with E-state index < -0.39 is 16.0 Å². The maximum atomic E-state index is 11.7. The lowest BCUT2D eigenvalue weighted by molar-refractivity contribution is 0.0696. The largest absolute Gasteiger partial charge is 0.478 e. The normalized spacial score (nSPS) is 11.8. The van der Waals surface area contributed by atoms with Gasteiger partial charge in [0, 0.05) is 6.54 Å². The third-order valence-corrected chi connectivity index (χ3v) is 3.79. The smallest absolute Gasteiger partial charge is 0.335 e. The Morgan fingerprint density at radius 2 is 1.90 bits per heavy atom. The van der Waals surface area contributed by atoms with Crippen molar-refractivity contribution < 1.29 is 23.1 Å². The molecule has 0 heterocycles. The van der Waals surface area contributed by atoms with Gasteiger partial charge in [0.2, 0.25) is 10.0 Å². The average Bonchev–Trinajstić information content (AvgIpc) is 2.36. The first-order valence-corrected chi connectivity index (χ1v) is 7.86. The van der Waals surface area contributed by atoms with Crippen LogP contribution in [0.15, 0.2) is 24.3 Å². The highest BCUT2D eigenvalue weighted by Gasteiger charge is 2.10. The van der Waals surface area contributed by atoms with Crippen molar-refractivity contribution in [2.24, 2.45) is 0 Å². The van der Waals surface area contributed by atoms with Crippen LogP contribution >= 0.6 is 0 Å². The molecule has 1 rings (SSSR count). The second kappa shape index (κ2) is 7.37. The van der Waals surface area contributed by atoms with E-state index in [1.165, 1.54) is 12.1 Å². The summed E-state index contributed by atoms with van der Waals surface area (Å²) in [4.78, 5) is 10.7. The van der Waals surface area contributed by atoms with Gasteiger partial charge in [-0.25, -0.2) is 17.9 Å². The maximum absolute atomic E-state index is 11.7. The zero-order valence-corrected chi connectivity index (χ0v) is 12.3. The molecule has 0 aromatic heterocycles. The Bertz CT molecular complexity index is 536. The quantitative estimate of drug-likeness (QED) is 0.753. The molecule has 7 heteroatoms. The van der Waals surface area contributed by atoms with Crippen molar-refractivity contribution in [1.29, 1.82) is 0 Å². The zero-order valence-electron chi connectivity index (χ0n) is 11.5. The number of aromatic carboxylic acids is 1. The number of ether oxygens (including phenoxy) is 1. The van der Waals surface area contributed by atoms with Gasteiger partial charge in [0.1, 0.15) is 0 Å². The van der Waals surface area contributed by atoms with Crippen molar-refractivity contribution in [3.63, 3.8) is 0 Å². The summed E-state index contributed by atoms with van der Waals surface area (Å²) in [7, 11) is -3.39. The second-order valence-electron chi connectivity index (χ2n) is 4.56. The van der Waals surface area contributed by atoms with E-state index in [9.17, 15) is 13.2 Å². The fraction of sp³-hybridized carbons (Fsp3) is 0.462. The lowest BCUT2D eigenvalue weighted by atomic mass is 10.1. The molecule has 0 radical (unpaired) electrons. The fourth-order valence-corrected chi connectivity index (χ4v) is 2.27. The first-order chi connectivity index (χ1) is 9.30. The van der Waals surface area contributed by atoms with Crippen LogP contribution in [0.25, 0.3) is 0 Å². The van der Waals surface area contributed by atoms with Crippen LogP contribution in [0.2, 0.25) is 0 Å². The van der Waals surface area contributed by atoms with Crippen molar-refractivity contribution in [2.75, 3.05) is 12.4 Å². The van der Waals surface area contributed by atoms with Gasteiger partial charge in [0.25, 0.3) is 0 Å². The van der Waals surface area contributed by atoms with E-state index >= 15 is 0 Å². The molecule has 0 aliphatic carbocycles. The number of carboxylic acid groups (broad SMARTS) is 1. The number of nitrogens with one attached hydrogen (secondary N) is 1. The minimum Gasteiger partial charge on any atom is -0.478 e.